The molecule has 1 aliphatic carbocycles. The van der Waals surface area contributed by atoms with Crippen LogP contribution >= 0.6 is 0 Å². The van der Waals surface area contributed by atoms with E-state index >= 15 is 0 Å². The number of hydrogen-bond donors (Lipinski definition) is 0. The maximum Gasteiger partial charge on any atom is 0.325 e. The lowest BCUT2D eigenvalue weighted by Crippen LogP contribution is -2.43. The Bertz CT molecular complexity index is 1090. The lowest BCUT2D eigenvalue weighted by atomic mass is 9.81. The normalized spacial score (nSPS) is 12.2. The molecular weight excluding hydrogens is 512 g/mol. The van der Waals surface area contributed by atoms with Crippen LogP contribution in [0.2, 0.25) is 0 Å². The van der Waals surface area contributed by atoms with Crippen molar-refractivity contribution in [1.82, 2.24) is 0 Å². The number of rotatable bonds is 10. The molecule has 0 N–H and O–H groups in total. The summed E-state index contributed by atoms with van der Waals surface area (Å²) in [6, 6.07) is 5.99. The minimum Gasteiger partial charge on any atom is -0.465 e. The van der Waals surface area contributed by atoms with Gasteiger partial charge in [0.1, 0.15) is 0 Å². The summed E-state index contributed by atoms with van der Waals surface area (Å²) in [5.74, 6) is 4.39. The number of benzene rings is 1. The summed E-state index contributed by atoms with van der Waals surface area (Å²) in [5.41, 5.74) is 0.396. The lowest BCUT2D eigenvalue weighted by Gasteiger charge is -2.25. The predicted molar refractivity (Wildman–Crippen MR) is 151 cm³/mol. The molecule has 1 aliphatic rings. The van der Waals surface area contributed by atoms with E-state index in [-0.39, 0.29) is 39.3 Å². The van der Waals surface area contributed by atoms with Gasteiger partial charge in [0.05, 0.1) is 26.4 Å². The number of hydrogen-bond acceptors (Lipinski definition) is 8. The lowest BCUT2D eigenvalue weighted by molar-refractivity contribution is -0.173. The number of terminal acetylenes is 3. The topological polar surface area (TPSA) is 105 Å². The van der Waals surface area contributed by atoms with Crippen molar-refractivity contribution in [3.05, 3.63) is 34.9 Å². The van der Waals surface area contributed by atoms with Crippen molar-refractivity contribution in [3.8, 4) is 37.0 Å². The van der Waals surface area contributed by atoms with Gasteiger partial charge in [0, 0.05) is 12.8 Å². The quantitative estimate of drug-likeness (QED) is 0.186. The largest absolute Gasteiger partial charge is 0.465 e. The fourth-order valence-electron chi connectivity index (χ4n) is 4.04. The van der Waals surface area contributed by atoms with Crippen LogP contribution in [0, 0.1) is 54.8 Å². The molecule has 0 aromatic heterocycles. The van der Waals surface area contributed by atoms with Gasteiger partial charge in [0.25, 0.3) is 0 Å². The molecule has 0 radical (unpaired) electrons. The fraction of sp³-hybridized carbons (Fsp3) is 0.500. The molecule has 0 saturated heterocycles. The molecule has 0 aliphatic heterocycles. The second-order valence-corrected chi connectivity index (χ2v) is 8.72. The molecule has 0 atom stereocenters. The Balaban J connectivity index is 0.000000702. The molecule has 0 unspecified atom stereocenters. The highest BCUT2D eigenvalue weighted by Crippen LogP contribution is 2.40. The van der Waals surface area contributed by atoms with E-state index in [1.54, 1.807) is 34.6 Å². The van der Waals surface area contributed by atoms with Gasteiger partial charge in [-0.3, -0.25) is 19.2 Å². The minimum absolute atomic E-state index is 0.130. The smallest absolute Gasteiger partial charge is 0.325 e. The number of carbonyl (C=O) groups excluding carboxylic acids is 4. The fourth-order valence-corrected chi connectivity index (χ4v) is 4.04. The van der Waals surface area contributed by atoms with Gasteiger partial charge in [-0.15, -0.1) is 37.0 Å². The van der Waals surface area contributed by atoms with Crippen LogP contribution in [-0.4, -0.2) is 50.3 Å². The molecule has 8 nitrogen and oxygen atoms in total. The third-order valence-corrected chi connectivity index (χ3v) is 5.82. The minimum atomic E-state index is -1.57. The van der Waals surface area contributed by atoms with Crippen molar-refractivity contribution < 1.29 is 38.1 Å². The predicted octanol–water partition coefficient (Wildman–Crippen LogP) is 3.99. The summed E-state index contributed by atoms with van der Waals surface area (Å²) in [5, 5.41) is 0. The third kappa shape index (κ3) is 9.21. The van der Waals surface area contributed by atoms with E-state index in [9.17, 15) is 19.2 Å². The number of fused-ring (bicyclic) bond motifs is 1. The summed E-state index contributed by atoms with van der Waals surface area (Å²) >= 11 is 0. The molecule has 40 heavy (non-hydrogen) atoms. The second kappa shape index (κ2) is 18.1. The van der Waals surface area contributed by atoms with E-state index in [4.69, 9.17) is 31.8 Å². The summed E-state index contributed by atoms with van der Waals surface area (Å²) in [7, 11) is 0. The van der Waals surface area contributed by atoms with Crippen molar-refractivity contribution in [3.63, 3.8) is 0 Å². The first kappa shape index (κ1) is 35.8. The summed E-state index contributed by atoms with van der Waals surface area (Å²) in [4.78, 5) is 48.3. The van der Waals surface area contributed by atoms with Gasteiger partial charge in [-0.1, -0.05) is 23.8 Å². The zero-order chi connectivity index (χ0) is 30.8. The first-order valence-corrected chi connectivity index (χ1v) is 13.0. The van der Waals surface area contributed by atoms with Crippen molar-refractivity contribution in [2.24, 2.45) is 10.8 Å². The van der Waals surface area contributed by atoms with Crippen LogP contribution in [0.5, 0.6) is 0 Å². The monoisotopic (exact) mass is 552 g/mol. The van der Waals surface area contributed by atoms with Crippen LogP contribution in [0.15, 0.2) is 18.2 Å². The van der Waals surface area contributed by atoms with E-state index in [2.05, 4.69) is 24.2 Å². The average Bonchev–Trinajstić information content (AvgIpc) is 3.30. The first-order valence-electron chi connectivity index (χ1n) is 13.0. The zero-order valence-electron chi connectivity index (χ0n) is 24.4. The summed E-state index contributed by atoms with van der Waals surface area (Å²) < 4.78 is 19.9. The van der Waals surface area contributed by atoms with Crippen molar-refractivity contribution in [2.75, 3.05) is 26.4 Å². The van der Waals surface area contributed by atoms with E-state index in [1.807, 2.05) is 25.1 Å². The standard InChI is InChI=1S/C16H20O4.C13H16O4.C3H4/c1-4-19-14(17)16(15(18)20-5-2)9-12-7-6-11(3)8-13(12)10-16;1-5-9-13(10-6-2,11(14)16-7-3)12(15)17-8-4;1-3-2/h6-8H,4-5,9-10H2,1-3H3;1-2H,7-10H2,3-4H3;1H,2H3. The maximum atomic E-state index is 12.3. The van der Waals surface area contributed by atoms with Crippen LogP contribution in [0.3, 0.4) is 0 Å². The molecule has 1 aromatic rings. The first-order chi connectivity index (χ1) is 19.0. The summed E-state index contributed by atoms with van der Waals surface area (Å²) in [6.07, 6.45) is 15.4. The van der Waals surface area contributed by atoms with Gasteiger partial charge in [-0.2, -0.15) is 0 Å². The Morgan fingerprint density at radius 1 is 0.775 bits per heavy atom. The van der Waals surface area contributed by atoms with E-state index in [0.29, 0.717) is 12.8 Å². The van der Waals surface area contributed by atoms with Crippen LogP contribution in [0.25, 0.3) is 0 Å². The third-order valence-electron chi connectivity index (χ3n) is 5.82. The number of ether oxygens (including phenoxy) is 4. The van der Waals surface area contributed by atoms with Gasteiger partial charge >= 0.3 is 23.9 Å². The molecule has 0 bridgehead atoms. The van der Waals surface area contributed by atoms with Crippen LogP contribution in [-0.2, 0) is 51.0 Å². The van der Waals surface area contributed by atoms with Crippen LogP contribution in [0.1, 0.15) is 64.2 Å². The van der Waals surface area contributed by atoms with Crippen LogP contribution in [0.4, 0.5) is 0 Å². The Morgan fingerprint density at radius 2 is 1.18 bits per heavy atom. The van der Waals surface area contributed by atoms with E-state index in [0.717, 1.165) is 16.7 Å². The Labute approximate surface area is 238 Å². The molecule has 0 spiro atoms. The van der Waals surface area contributed by atoms with Gasteiger partial charge < -0.3 is 18.9 Å². The van der Waals surface area contributed by atoms with Gasteiger partial charge in [0.2, 0.25) is 0 Å². The highest BCUT2D eigenvalue weighted by atomic mass is 16.6. The number of esters is 4. The highest BCUT2D eigenvalue weighted by Gasteiger charge is 2.53. The molecule has 0 fully saturated rings. The molecule has 0 heterocycles. The molecule has 2 rings (SSSR count). The molecule has 1 aromatic carbocycles. The van der Waals surface area contributed by atoms with E-state index < -0.39 is 34.7 Å². The Hall–Kier alpha value is -4.22. The number of carbonyl (C=O) groups is 4. The van der Waals surface area contributed by atoms with Crippen molar-refractivity contribution in [2.45, 2.75) is 67.2 Å². The number of aryl methyl sites for hydroxylation is 1. The SMILES string of the molecule is C#CC.C#CCC(CC#C)(C(=O)OCC)C(=O)OCC.CCOC(=O)C1(C(=O)OCC)Cc2ccc(C)cc2C1. The van der Waals surface area contributed by atoms with Gasteiger partial charge in [-0.05, 0) is 65.5 Å². The van der Waals surface area contributed by atoms with Gasteiger partial charge in [0.15, 0.2) is 10.8 Å². The zero-order valence-corrected chi connectivity index (χ0v) is 24.4. The second-order valence-electron chi connectivity index (χ2n) is 8.72. The summed E-state index contributed by atoms with van der Waals surface area (Å²) in [6.45, 7) is 11.2. The molecule has 216 valence electrons. The van der Waals surface area contributed by atoms with E-state index in [1.165, 1.54) is 0 Å². The molecule has 0 amide bonds. The average molecular weight is 553 g/mol. The Morgan fingerprint density at radius 3 is 1.55 bits per heavy atom. The van der Waals surface area contributed by atoms with Crippen molar-refractivity contribution >= 4 is 23.9 Å². The molecule has 8 heteroatoms. The maximum absolute atomic E-state index is 12.3. The molecular formula is C32H40O8. The van der Waals surface area contributed by atoms with Gasteiger partial charge in [-0.25, -0.2) is 0 Å². The highest BCUT2D eigenvalue weighted by molar-refractivity contribution is 6.02. The van der Waals surface area contributed by atoms with Crippen molar-refractivity contribution in [1.29, 1.82) is 0 Å². The van der Waals surface area contributed by atoms with Crippen LogP contribution < -0.4 is 0 Å². The Kier molecular flexibility index (Phi) is 16.2. The molecule has 0 saturated carbocycles.